The van der Waals surface area contributed by atoms with Crippen molar-refractivity contribution in [1.29, 1.82) is 0 Å². The van der Waals surface area contributed by atoms with Crippen LogP contribution in [0.5, 0.6) is 0 Å². The Kier molecular flexibility index (Phi) is 3.03. The molecule has 0 amide bonds. The van der Waals surface area contributed by atoms with Crippen LogP contribution in [0.15, 0.2) is 42.5 Å². The van der Waals surface area contributed by atoms with E-state index in [1.54, 1.807) is 12.1 Å². The van der Waals surface area contributed by atoms with Gasteiger partial charge >= 0.3 is 0 Å². The van der Waals surface area contributed by atoms with Gasteiger partial charge in [0.25, 0.3) is 0 Å². The molecule has 2 N–H and O–H groups in total. The van der Waals surface area contributed by atoms with E-state index in [1.165, 1.54) is 12.1 Å². The quantitative estimate of drug-likeness (QED) is 0.775. The summed E-state index contributed by atoms with van der Waals surface area (Å²) in [7, 11) is 1.96. The molecule has 0 aliphatic rings. The maximum Gasteiger partial charge on any atom is 0.140 e. The summed E-state index contributed by atoms with van der Waals surface area (Å²) in [6.45, 7) is 1.95. The number of aryl methyl sites for hydroxylation is 1. The monoisotopic (exact) mass is 269 g/mol. The second kappa shape index (κ2) is 4.72. The second-order valence-electron chi connectivity index (χ2n) is 5.04. The number of fused-ring (bicyclic) bond motifs is 1. The summed E-state index contributed by atoms with van der Waals surface area (Å²) >= 11 is 0. The van der Waals surface area contributed by atoms with Gasteiger partial charge in [-0.1, -0.05) is 6.07 Å². The van der Waals surface area contributed by atoms with Gasteiger partial charge in [0.1, 0.15) is 11.6 Å². The van der Waals surface area contributed by atoms with E-state index in [1.807, 2.05) is 36.7 Å². The molecule has 3 rings (SSSR count). The highest BCUT2D eigenvalue weighted by atomic mass is 19.1. The Hall–Kier alpha value is -2.20. The summed E-state index contributed by atoms with van der Waals surface area (Å²) in [6, 6.07) is 12.4. The summed E-state index contributed by atoms with van der Waals surface area (Å²) in [5.41, 5.74) is 9.79. The van der Waals surface area contributed by atoms with Crippen LogP contribution in [0, 0.1) is 5.82 Å². The van der Waals surface area contributed by atoms with Crippen LogP contribution >= 0.6 is 0 Å². The van der Waals surface area contributed by atoms with E-state index in [0.29, 0.717) is 0 Å². The first-order valence-corrected chi connectivity index (χ1v) is 6.54. The first-order valence-electron chi connectivity index (χ1n) is 6.54. The van der Waals surface area contributed by atoms with Gasteiger partial charge in [-0.25, -0.2) is 9.37 Å². The molecular formula is C16H16FN3. The number of nitrogens with two attached hydrogens (primary N) is 1. The molecule has 0 radical (unpaired) electrons. The molecule has 1 atom stereocenters. The smallest absolute Gasteiger partial charge is 0.140 e. The van der Waals surface area contributed by atoms with Gasteiger partial charge in [-0.2, -0.15) is 0 Å². The topological polar surface area (TPSA) is 43.8 Å². The molecule has 0 aliphatic carbocycles. The third-order valence-electron chi connectivity index (χ3n) is 3.53. The van der Waals surface area contributed by atoms with E-state index in [0.717, 1.165) is 28.0 Å². The Morgan fingerprint density at radius 2 is 1.85 bits per heavy atom. The van der Waals surface area contributed by atoms with Crippen LogP contribution in [0.25, 0.3) is 22.4 Å². The molecule has 1 heterocycles. The van der Waals surface area contributed by atoms with Gasteiger partial charge in [-0.3, -0.25) is 0 Å². The summed E-state index contributed by atoms with van der Waals surface area (Å²) in [5, 5.41) is 0. The zero-order valence-corrected chi connectivity index (χ0v) is 11.5. The third kappa shape index (κ3) is 2.08. The van der Waals surface area contributed by atoms with Crippen LogP contribution in [-0.4, -0.2) is 9.55 Å². The maximum absolute atomic E-state index is 13.0. The summed E-state index contributed by atoms with van der Waals surface area (Å²) < 4.78 is 15.0. The Balaban J connectivity index is 2.17. The van der Waals surface area contributed by atoms with Crippen molar-refractivity contribution in [3.63, 3.8) is 0 Å². The largest absolute Gasteiger partial charge is 0.327 e. The molecule has 0 fully saturated rings. The number of nitrogens with zero attached hydrogens (tertiary/aromatic N) is 2. The minimum atomic E-state index is -0.244. The fourth-order valence-electron chi connectivity index (χ4n) is 2.36. The lowest BCUT2D eigenvalue weighted by molar-refractivity contribution is 0.628. The third-order valence-corrected chi connectivity index (χ3v) is 3.53. The number of imidazole rings is 1. The van der Waals surface area contributed by atoms with Crippen LogP contribution < -0.4 is 5.73 Å². The van der Waals surface area contributed by atoms with E-state index in [9.17, 15) is 4.39 Å². The molecule has 1 aromatic heterocycles. The van der Waals surface area contributed by atoms with Crippen molar-refractivity contribution >= 4 is 11.0 Å². The van der Waals surface area contributed by atoms with Crippen molar-refractivity contribution < 1.29 is 4.39 Å². The first kappa shape index (κ1) is 12.8. The van der Waals surface area contributed by atoms with Crippen LogP contribution in [0.1, 0.15) is 18.5 Å². The standard InChI is InChI=1S/C16H16FN3/c1-10(18)12-5-8-15-14(9-12)19-16(20(15)2)11-3-6-13(17)7-4-11/h3-10H,18H2,1-2H3. The van der Waals surface area contributed by atoms with E-state index in [4.69, 9.17) is 5.73 Å². The lowest BCUT2D eigenvalue weighted by Gasteiger charge is -2.05. The summed E-state index contributed by atoms with van der Waals surface area (Å²) in [6.07, 6.45) is 0. The minimum Gasteiger partial charge on any atom is -0.327 e. The molecule has 3 nitrogen and oxygen atoms in total. The van der Waals surface area contributed by atoms with E-state index < -0.39 is 0 Å². The Morgan fingerprint density at radius 1 is 1.15 bits per heavy atom. The molecule has 0 bridgehead atoms. The fourth-order valence-corrected chi connectivity index (χ4v) is 2.36. The second-order valence-corrected chi connectivity index (χ2v) is 5.04. The van der Waals surface area contributed by atoms with Crippen molar-refractivity contribution in [3.8, 4) is 11.4 Å². The highest BCUT2D eigenvalue weighted by Gasteiger charge is 2.11. The molecule has 4 heteroatoms. The van der Waals surface area contributed by atoms with Crippen molar-refractivity contribution in [3.05, 3.63) is 53.8 Å². The summed E-state index contributed by atoms with van der Waals surface area (Å²) in [4.78, 5) is 4.64. The van der Waals surface area contributed by atoms with Crippen molar-refractivity contribution in [2.45, 2.75) is 13.0 Å². The SMILES string of the molecule is CC(N)c1ccc2c(c1)nc(-c1ccc(F)cc1)n2C. The predicted octanol–water partition coefficient (Wildman–Crippen LogP) is 3.40. The molecule has 0 aliphatic heterocycles. The predicted molar refractivity (Wildman–Crippen MR) is 78.7 cm³/mol. The number of hydrogen-bond donors (Lipinski definition) is 1. The lowest BCUT2D eigenvalue weighted by Crippen LogP contribution is -2.04. The summed E-state index contributed by atoms with van der Waals surface area (Å²) in [5.74, 6) is 0.577. The number of halogens is 1. The van der Waals surface area contributed by atoms with Crippen LogP contribution in [0.2, 0.25) is 0 Å². The van der Waals surface area contributed by atoms with E-state index >= 15 is 0 Å². The van der Waals surface area contributed by atoms with Gasteiger partial charge in [-0.15, -0.1) is 0 Å². The number of benzene rings is 2. The van der Waals surface area contributed by atoms with Crippen molar-refractivity contribution in [2.75, 3.05) is 0 Å². The number of hydrogen-bond acceptors (Lipinski definition) is 2. The molecule has 0 spiro atoms. The van der Waals surface area contributed by atoms with Crippen LogP contribution in [0.3, 0.4) is 0 Å². The molecular weight excluding hydrogens is 253 g/mol. The number of rotatable bonds is 2. The van der Waals surface area contributed by atoms with Gasteiger partial charge in [0.05, 0.1) is 11.0 Å². The van der Waals surface area contributed by atoms with Crippen LogP contribution in [-0.2, 0) is 7.05 Å². The molecule has 102 valence electrons. The zero-order valence-electron chi connectivity index (χ0n) is 11.5. The van der Waals surface area contributed by atoms with Gasteiger partial charge in [0.15, 0.2) is 0 Å². The zero-order chi connectivity index (χ0) is 14.3. The molecule has 0 saturated carbocycles. The fraction of sp³-hybridized carbons (Fsp3) is 0.188. The van der Waals surface area contributed by atoms with Gasteiger partial charge in [-0.05, 0) is 48.9 Å². The van der Waals surface area contributed by atoms with E-state index in [2.05, 4.69) is 4.98 Å². The van der Waals surface area contributed by atoms with Gasteiger partial charge < -0.3 is 10.3 Å². The molecule has 0 saturated heterocycles. The Labute approximate surface area is 116 Å². The van der Waals surface area contributed by atoms with Crippen molar-refractivity contribution in [2.24, 2.45) is 12.8 Å². The molecule has 3 aromatic rings. The molecule has 2 aromatic carbocycles. The number of aromatic nitrogens is 2. The van der Waals surface area contributed by atoms with Crippen LogP contribution in [0.4, 0.5) is 4.39 Å². The highest BCUT2D eigenvalue weighted by Crippen LogP contribution is 2.25. The average molecular weight is 269 g/mol. The van der Waals surface area contributed by atoms with E-state index in [-0.39, 0.29) is 11.9 Å². The lowest BCUT2D eigenvalue weighted by atomic mass is 10.1. The van der Waals surface area contributed by atoms with Gasteiger partial charge in [0, 0.05) is 18.7 Å². The maximum atomic E-state index is 13.0. The Morgan fingerprint density at radius 3 is 2.50 bits per heavy atom. The normalized spacial score (nSPS) is 12.8. The average Bonchev–Trinajstić information content (AvgIpc) is 2.76. The highest BCUT2D eigenvalue weighted by molar-refractivity contribution is 5.81. The molecule has 1 unspecified atom stereocenters. The van der Waals surface area contributed by atoms with Gasteiger partial charge in [0.2, 0.25) is 0 Å². The molecule has 20 heavy (non-hydrogen) atoms. The minimum absolute atomic E-state index is 0.0179. The Bertz CT molecular complexity index is 757. The first-order chi connectivity index (χ1) is 9.56. The van der Waals surface area contributed by atoms with Crippen molar-refractivity contribution in [1.82, 2.24) is 9.55 Å².